The predicted molar refractivity (Wildman–Crippen MR) is 105 cm³/mol. The summed E-state index contributed by atoms with van der Waals surface area (Å²) in [6, 6.07) is 12.5. The standard InChI is InChI=1S/C21H24N2O5/c1-14-6-4-5-7-17(14)28-13-20(24)22-15-10-21(25)23(12-15)16-8-9-18(26-2)19(11-16)27-3/h4-9,11,15H,10,12-13H2,1-3H3,(H,22,24). The monoisotopic (exact) mass is 384 g/mol. The zero-order chi connectivity index (χ0) is 20.1. The molecule has 1 fully saturated rings. The lowest BCUT2D eigenvalue weighted by atomic mass is 10.2. The maximum Gasteiger partial charge on any atom is 0.258 e. The van der Waals surface area contributed by atoms with Crippen molar-refractivity contribution in [2.45, 2.75) is 19.4 Å². The first-order valence-corrected chi connectivity index (χ1v) is 9.02. The van der Waals surface area contributed by atoms with E-state index in [4.69, 9.17) is 14.2 Å². The first kappa shape index (κ1) is 19.5. The number of carbonyl (C=O) groups is 2. The molecule has 0 spiro atoms. The smallest absolute Gasteiger partial charge is 0.258 e. The van der Waals surface area contributed by atoms with E-state index in [9.17, 15) is 9.59 Å². The molecule has 1 heterocycles. The van der Waals surface area contributed by atoms with Crippen LogP contribution in [0.2, 0.25) is 0 Å². The Kier molecular flexibility index (Phi) is 6.03. The van der Waals surface area contributed by atoms with Crippen LogP contribution in [0, 0.1) is 6.92 Å². The molecule has 1 N–H and O–H groups in total. The van der Waals surface area contributed by atoms with Crippen LogP contribution in [0.3, 0.4) is 0 Å². The number of nitrogens with zero attached hydrogens (tertiary/aromatic N) is 1. The molecule has 7 nitrogen and oxygen atoms in total. The topological polar surface area (TPSA) is 77.1 Å². The molecule has 1 aliphatic heterocycles. The van der Waals surface area contributed by atoms with Crippen molar-refractivity contribution in [1.82, 2.24) is 5.32 Å². The quantitative estimate of drug-likeness (QED) is 0.793. The minimum absolute atomic E-state index is 0.0580. The van der Waals surface area contributed by atoms with Crippen molar-refractivity contribution < 1.29 is 23.8 Å². The molecule has 0 bridgehead atoms. The Labute approximate surface area is 164 Å². The van der Waals surface area contributed by atoms with Gasteiger partial charge in [-0.1, -0.05) is 18.2 Å². The van der Waals surface area contributed by atoms with Crippen LogP contribution < -0.4 is 24.4 Å². The molecule has 1 aliphatic rings. The van der Waals surface area contributed by atoms with Gasteiger partial charge < -0.3 is 24.4 Å². The number of methoxy groups -OCH3 is 2. The number of para-hydroxylation sites is 1. The van der Waals surface area contributed by atoms with Gasteiger partial charge in [0.1, 0.15) is 5.75 Å². The maximum absolute atomic E-state index is 12.4. The lowest BCUT2D eigenvalue weighted by Crippen LogP contribution is -2.39. The van der Waals surface area contributed by atoms with Gasteiger partial charge in [0.05, 0.1) is 20.3 Å². The van der Waals surface area contributed by atoms with Crippen molar-refractivity contribution in [2.24, 2.45) is 0 Å². The van der Waals surface area contributed by atoms with Crippen LogP contribution in [0.25, 0.3) is 0 Å². The van der Waals surface area contributed by atoms with Crippen LogP contribution in [0.4, 0.5) is 5.69 Å². The van der Waals surface area contributed by atoms with Gasteiger partial charge in [0.25, 0.3) is 5.91 Å². The first-order valence-electron chi connectivity index (χ1n) is 9.02. The van der Waals surface area contributed by atoms with Crippen molar-refractivity contribution in [3.8, 4) is 17.2 Å². The Morgan fingerprint density at radius 1 is 1.11 bits per heavy atom. The molecule has 0 radical (unpaired) electrons. The summed E-state index contributed by atoms with van der Waals surface area (Å²) >= 11 is 0. The normalized spacial score (nSPS) is 16.0. The molecular weight excluding hydrogens is 360 g/mol. The Morgan fingerprint density at radius 3 is 2.57 bits per heavy atom. The van der Waals surface area contributed by atoms with Crippen LogP contribution in [-0.4, -0.2) is 45.2 Å². The number of anilines is 1. The molecule has 7 heteroatoms. The van der Waals surface area contributed by atoms with Crippen LogP contribution >= 0.6 is 0 Å². The van der Waals surface area contributed by atoms with E-state index >= 15 is 0 Å². The number of hydrogen-bond acceptors (Lipinski definition) is 5. The average molecular weight is 384 g/mol. The first-order chi connectivity index (χ1) is 13.5. The minimum atomic E-state index is -0.270. The van der Waals surface area contributed by atoms with Crippen LogP contribution in [0.1, 0.15) is 12.0 Å². The zero-order valence-corrected chi connectivity index (χ0v) is 16.2. The molecule has 2 amide bonds. The molecule has 0 aliphatic carbocycles. The highest BCUT2D eigenvalue weighted by Gasteiger charge is 2.32. The lowest BCUT2D eigenvalue weighted by molar-refractivity contribution is -0.123. The maximum atomic E-state index is 12.4. The average Bonchev–Trinajstić information content (AvgIpc) is 3.06. The predicted octanol–water partition coefficient (Wildman–Crippen LogP) is 2.31. The molecule has 0 aromatic heterocycles. The van der Waals surface area contributed by atoms with E-state index in [1.54, 1.807) is 37.3 Å². The van der Waals surface area contributed by atoms with E-state index in [0.29, 0.717) is 29.5 Å². The van der Waals surface area contributed by atoms with E-state index in [0.717, 1.165) is 5.56 Å². The second-order valence-corrected chi connectivity index (χ2v) is 6.57. The number of ether oxygens (including phenoxy) is 3. The van der Waals surface area contributed by atoms with Crippen molar-refractivity contribution in [1.29, 1.82) is 0 Å². The molecule has 2 aromatic rings. The summed E-state index contributed by atoms with van der Waals surface area (Å²) in [6.45, 7) is 2.22. The van der Waals surface area contributed by atoms with E-state index in [1.807, 2.05) is 31.2 Å². The summed E-state index contributed by atoms with van der Waals surface area (Å²) in [4.78, 5) is 26.3. The summed E-state index contributed by atoms with van der Waals surface area (Å²) in [7, 11) is 3.11. The number of aryl methyl sites for hydroxylation is 1. The lowest BCUT2D eigenvalue weighted by Gasteiger charge is -2.19. The minimum Gasteiger partial charge on any atom is -0.493 e. The summed E-state index contributed by atoms with van der Waals surface area (Å²) in [5, 5.41) is 2.87. The van der Waals surface area contributed by atoms with E-state index in [1.165, 1.54) is 0 Å². The van der Waals surface area contributed by atoms with Crippen molar-refractivity contribution in [2.75, 3.05) is 32.3 Å². The van der Waals surface area contributed by atoms with Gasteiger partial charge in [0.2, 0.25) is 5.91 Å². The Balaban J connectivity index is 1.58. The molecule has 0 saturated carbocycles. The fourth-order valence-corrected chi connectivity index (χ4v) is 3.18. The van der Waals surface area contributed by atoms with E-state index in [-0.39, 0.29) is 30.9 Å². The van der Waals surface area contributed by atoms with Crippen LogP contribution in [0.5, 0.6) is 17.2 Å². The molecule has 148 valence electrons. The van der Waals surface area contributed by atoms with E-state index in [2.05, 4.69) is 5.32 Å². The number of rotatable bonds is 7. The third-order valence-electron chi connectivity index (χ3n) is 4.62. The summed E-state index contributed by atoms with van der Waals surface area (Å²) in [6.07, 6.45) is 0.241. The van der Waals surface area contributed by atoms with E-state index < -0.39 is 0 Å². The van der Waals surface area contributed by atoms with Gasteiger partial charge in [0.15, 0.2) is 18.1 Å². The molecular formula is C21H24N2O5. The Bertz CT molecular complexity index is 868. The number of nitrogens with one attached hydrogen (secondary N) is 1. The molecule has 1 atom stereocenters. The highest BCUT2D eigenvalue weighted by molar-refractivity contribution is 5.97. The number of amides is 2. The zero-order valence-electron chi connectivity index (χ0n) is 16.2. The fourth-order valence-electron chi connectivity index (χ4n) is 3.18. The SMILES string of the molecule is COc1ccc(N2CC(NC(=O)COc3ccccc3C)CC2=O)cc1OC. The highest BCUT2D eigenvalue weighted by atomic mass is 16.5. The highest BCUT2D eigenvalue weighted by Crippen LogP contribution is 2.33. The number of benzene rings is 2. The van der Waals surface area contributed by atoms with Gasteiger partial charge in [-0.2, -0.15) is 0 Å². The number of carbonyl (C=O) groups excluding carboxylic acids is 2. The third kappa shape index (κ3) is 4.36. The van der Waals surface area contributed by atoms with Gasteiger partial charge in [-0.15, -0.1) is 0 Å². The number of hydrogen-bond donors (Lipinski definition) is 1. The molecule has 3 rings (SSSR count). The summed E-state index contributed by atoms with van der Waals surface area (Å²) in [5.74, 6) is 1.50. The molecule has 28 heavy (non-hydrogen) atoms. The summed E-state index contributed by atoms with van der Waals surface area (Å²) in [5.41, 5.74) is 1.67. The second kappa shape index (κ2) is 8.65. The van der Waals surface area contributed by atoms with Crippen molar-refractivity contribution >= 4 is 17.5 Å². The Morgan fingerprint density at radius 2 is 1.86 bits per heavy atom. The molecule has 2 aromatic carbocycles. The van der Waals surface area contributed by atoms with Gasteiger partial charge in [-0.3, -0.25) is 9.59 Å². The largest absolute Gasteiger partial charge is 0.493 e. The van der Waals surface area contributed by atoms with Gasteiger partial charge >= 0.3 is 0 Å². The molecule has 1 unspecified atom stereocenters. The summed E-state index contributed by atoms with van der Waals surface area (Å²) < 4.78 is 16.1. The fraction of sp³-hybridized carbons (Fsp3) is 0.333. The van der Waals surface area contributed by atoms with Crippen molar-refractivity contribution in [3.63, 3.8) is 0 Å². The molecule has 1 saturated heterocycles. The van der Waals surface area contributed by atoms with Gasteiger partial charge in [0, 0.05) is 24.7 Å². The Hall–Kier alpha value is -3.22. The van der Waals surface area contributed by atoms with Crippen LogP contribution in [0.15, 0.2) is 42.5 Å². The van der Waals surface area contributed by atoms with Gasteiger partial charge in [-0.05, 0) is 30.7 Å². The van der Waals surface area contributed by atoms with Crippen LogP contribution in [-0.2, 0) is 9.59 Å². The second-order valence-electron chi connectivity index (χ2n) is 6.57. The van der Waals surface area contributed by atoms with Gasteiger partial charge in [-0.25, -0.2) is 0 Å². The third-order valence-corrected chi connectivity index (χ3v) is 4.62. The van der Waals surface area contributed by atoms with Crippen molar-refractivity contribution in [3.05, 3.63) is 48.0 Å².